The molecule has 2 aromatic carbocycles. The van der Waals surface area contributed by atoms with Crippen molar-refractivity contribution in [3.8, 4) is 5.75 Å². The molecule has 0 aromatic heterocycles. The molecule has 9 heteroatoms. The van der Waals surface area contributed by atoms with Gasteiger partial charge in [-0.2, -0.15) is 0 Å². The van der Waals surface area contributed by atoms with Crippen LogP contribution in [0.3, 0.4) is 0 Å². The van der Waals surface area contributed by atoms with Gasteiger partial charge in [-0.15, -0.1) is 0 Å². The smallest absolute Gasteiger partial charge is 0.289 e. The van der Waals surface area contributed by atoms with Crippen LogP contribution in [0, 0.1) is 16.0 Å². The number of nitrogens with one attached hydrogen (secondary N) is 2. The topological polar surface area (TPSA) is 111 Å². The van der Waals surface area contributed by atoms with E-state index in [0.29, 0.717) is 11.4 Å². The number of rotatable bonds is 7. The molecule has 0 atom stereocenters. The third-order valence-corrected chi connectivity index (χ3v) is 4.19. The third-order valence-electron chi connectivity index (χ3n) is 3.87. The highest BCUT2D eigenvalue weighted by atomic mass is 35.5. The van der Waals surface area contributed by atoms with Gasteiger partial charge in [0.05, 0.1) is 4.92 Å². The number of hydrogen-bond acceptors (Lipinski definition) is 5. The first-order valence-electron chi connectivity index (χ1n) is 8.20. The van der Waals surface area contributed by atoms with Crippen molar-refractivity contribution in [2.45, 2.75) is 12.8 Å². The van der Waals surface area contributed by atoms with E-state index < -0.39 is 10.8 Å². The van der Waals surface area contributed by atoms with Crippen molar-refractivity contribution in [3.05, 3.63) is 57.6 Å². The van der Waals surface area contributed by atoms with E-state index in [1.807, 2.05) is 0 Å². The van der Waals surface area contributed by atoms with Crippen molar-refractivity contribution in [1.82, 2.24) is 0 Å². The van der Waals surface area contributed by atoms with E-state index in [4.69, 9.17) is 16.3 Å². The molecule has 2 aromatic rings. The molecule has 8 nitrogen and oxygen atoms in total. The van der Waals surface area contributed by atoms with Crippen molar-refractivity contribution in [3.63, 3.8) is 0 Å². The predicted molar refractivity (Wildman–Crippen MR) is 100 cm³/mol. The van der Waals surface area contributed by atoms with Gasteiger partial charge in [-0.1, -0.05) is 11.6 Å². The van der Waals surface area contributed by atoms with Crippen molar-refractivity contribution in [2.24, 2.45) is 5.92 Å². The summed E-state index contributed by atoms with van der Waals surface area (Å²) in [4.78, 5) is 33.9. The fraction of sp³-hybridized carbons (Fsp3) is 0.222. The molecule has 1 fully saturated rings. The van der Waals surface area contributed by atoms with Gasteiger partial charge in [0.25, 0.3) is 11.6 Å². The normalized spacial score (nSPS) is 12.9. The quantitative estimate of drug-likeness (QED) is 0.555. The second-order valence-electron chi connectivity index (χ2n) is 6.05. The molecule has 140 valence electrons. The highest BCUT2D eigenvalue weighted by Crippen LogP contribution is 2.30. The van der Waals surface area contributed by atoms with Crippen molar-refractivity contribution in [1.29, 1.82) is 0 Å². The number of nitro benzene ring substituents is 1. The highest BCUT2D eigenvalue weighted by molar-refractivity contribution is 6.32. The lowest BCUT2D eigenvalue weighted by atomic mass is 10.2. The Labute approximate surface area is 159 Å². The summed E-state index contributed by atoms with van der Waals surface area (Å²) in [6, 6.07) is 10.6. The average Bonchev–Trinajstić information content (AvgIpc) is 3.48. The maximum Gasteiger partial charge on any atom is 0.289 e. The van der Waals surface area contributed by atoms with Crippen LogP contribution in [0.2, 0.25) is 5.02 Å². The fourth-order valence-electron chi connectivity index (χ4n) is 2.30. The predicted octanol–water partition coefficient (Wildman–Crippen LogP) is 3.61. The Morgan fingerprint density at radius 2 is 1.78 bits per heavy atom. The third kappa shape index (κ3) is 5.18. The summed E-state index contributed by atoms with van der Waals surface area (Å²) in [7, 11) is 0. The molecular weight excluding hydrogens is 374 g/mol. The van der Waals surface area contributed by atoms with E-state index in [2.05, 4.69) is 10.6 Å². The Hall–Kier alpha value is -3.13. The van der Waals surface area contributed by atoms with Gasteiger partial charge in [-0.05, 0) is 49.2 Å². The first-order valence-corrected chi connectivity index (χ1v) is 8.57. The second kappa shape index (κ2) is 8.05. The van der Waals surface area contributed by atoms with Crippen LogP contribution in [-0.2, 0) is 9.59 Å². The number of carbonyl (C=O) groups is 2. The summed E-state index contributed by atoms with van der Waals surface area (Å²) < 4.78 is 5.38. The minimum atomic E-state index is -0.627. The number of carbonyl (C=O) groups excluding carboxylic acids is 2. The number of halogens is 1. The molecule has 2 amide bonds. The average molecular weight is 390 g/mol. The molecule has 0 radical (unpaired) electrons. The molecule has 1 aliphatic rings. The lowest BCUT2D eigenvalue weighted by molar-refractivity contribution is -0.384. The minimum Gasteiger partial charge on any atom is -0.484 e. The summed E-state index contributed by atoms with van der Waals surface area (Å²) >= 11 is 5.73. The maximum atomic E-state index is 12.0. The Kier molecular flexibility index (Phi) is 5.56. The zero-order valence-corrected chi connectivity index (χ0v) is 14.9. The van der Waals surface area contributed by atoms with Crippen LogP contribution >= 0.6 is 11.6 Å². The van der Waals surface area contributed by atoms with Gasteiger partial charge in [0.15, 0.2) is 6.61 Å². The van der Waals surface area contributed by atoms with E-state index in [1.54, 1.807) is 24.3 Å². The Bertz CT molecular complexity index is 881. The first kappa shape index (κ1) is 18.7. The highest BCUT2D eigenvalue weighted by Gasteiger charge is 2.29. The molecular formula is C18H16ClN3O5. The van der Waals surface area contributed by atoms with Gasteiger partial charge in [0.1, 0.15) is 10.8 Å². The zero-order valence-electron chi connectivity index (χ0n) is 14.1. The van der Waals surface area contributed by atoms with Crippen LogP contribution in [0.5, 0.6) is 5.75 Å². The number of amides is 2. The van der Waals surface area contributed by atoms with Gasteiger partial charge in [0.2, 0.25) is 5.91 Å². The SMILES string of the molecule is O=C(COc1ccc(NC(=O)C2CC2)cc1)Nc1ccc(Cl)c([N+](=O)[O-])c1. The molecule has 0 spiro atoms. The molecule has 0 heterocycles. The molecule has 1 aliphatic carbocycles. The molecule has 0 saturated heterocycles. The largest absolute Gasteiger partial charge is 0.484 e. The number of benzene rings is 2. The van der Waals surface area contributed by atoms with Crippen molar-refractivity contribution in [2.75, 3.05) is 17.2 Å². The van der Waals surface area contributed by atoms with Crippen LogP contribution in [0.1, 0.15) is 12.8 Å². The van der Waals surface area contributed by atoms with E-state index in [0.717, 1.165) is 12.8 Å². The number of nitro groups is 1. The van der Waals surface area contributed by atoms with Crippen LogP contribution < -0.4 is 15.4 Å². The van der Waals surface area contributed by atoms with E-state index in [9.17, 15) is 19.7 Å². The van der Waals surface area contributed by atoms with E-state index in [1.165, 1.54) is 18.2 Å². The van der Waals surface area contributed by atoms with Crippen molar-refractivity contribution >= 4 is 40.5 Å². The molecule has 2 N–H and O–H groups in total. The minimum absolute atomic E-state index is 0.0110. The standard InChI is InChI=1S/C18H16ClN3O5/c19-15-8-5-13(9-16(15)22(25)26)20-17(23)10-27-14-6-3-12(4-7-14)21-18(24)11-1-2-11/h3-9,11H,1-2,10H2,(H,20,23)(H,21,24). The monoisotopic (exact) mass is 389 g/mol. The summed E-state index contributed by atoms with van der Waals surface area (Å²) in [6.45, 7) is -0.274. The summed E-state index contributed by atoms with van der Waals surface area (Å²) in [6.07, 6.45) is 1.86. The zero-order chi connectivity index (χ0) is 19.4. The van der Waals surface area contributed by atoms with E-state index in [-0.39, 0.29) is 34.8 Å². The maximum absolute atomic E-state index is 12.0. The van der Waals surface area contributed by atoms with Crippen LogP contribution in [0.4, 0.5) is 17.1 Å². The number of ether oxygens (including phenoxy) is 1. The molecule has 0 unspecified atom stereocenters. The Morgan fingerprint density at radius 1 is 1.11 bits per heavy atom. The van der Waals surface area contributed by atoms with Gasteiger partial charge >= 0.3 is 0 Å². The van der Waals surface area contributed by atoms with Gasteiger partial charge in [0, 0.05) is 23.4 Å². The summed E-state index contributed by atoms with van der Waals surface area (Å²) in [5.74, 6) is 0.114. The van der Waals surface area contributed by atoms with Gasteiger partial charge in [-0.25, -0.2) is 0 Å². The van der Waals surface area contributed by atoms with Crippen LogP contribution in [0.15, 0.2) is 42.5 Å². The number of hydrogen-bond donors (Lipinski definition) is 2. The van der Waals surface area contributed by atoms with Crippen molar-refractivity contribution < 1.29 is 19.2 Å². The van der Waals surface area contributed by atoms with E-state index >= 15 is 0 Å². The summed E-state index contributed by atoms with van der Waals surface area (Å²) in [5.41, 5.74) is 0.620. The number of nitrogens with zero attached hydrogens (tertiary/aromatic N) is 1. The number of anilines is 2. The second-order valence-corrected chi connectivity index (χ2v) is 6.46. The van der Waals surface area contributed by atoms with Crippen LogP contribution in [0.25, 0.3) is 0 Å². The fourth-order valence-corrected chi connectivity index (χ4v) is 2.49. The molecule has 0 aliphatic heterocycles. The lowest BCUT2D eigenvalue weighted by Gasteiger charge is -2.09. The Morgan fingerprint density at radius 3 is 2.41 bits per heavy atom. The van der Waals surface area contributed by atoms with Crippen LogP contribution in [-0.4, -0.2) is 23.3 Å². The molecule has 27 heavy (non-hydrogen) atoms. The first-order chi connectivity index (χ1) is 12.9. The molecule has 1 saturated carbocycles. The van der Waals surface area contributed by atoms with Gasteiger partial charge in [-0.3, -0.25) is 19.7 Å². The Balaban J connectivity index is 1.50. The molecule has 0 bridgehead atoms. The van der Waals surface area contributed by atoms with Gasteiger partial charge < -0.3 is 15.4 Å². The molecule has 3 rings (SSSR count). The summed E-state index contributed by atoms with van der Waals surface area (Å²) in [5, 5.41) is 16.2. The lowest BCUT2D eigenvalue weighted by Crippen LogP contribution is -2.20.